The Labute approximate surface area is 134 Å². The Kier molecular flexibility index (Phi) is 4.33. The van der Waals surface area contributed by atoms with Crippen LogP contribution in [0.3, 0.4) is 0 Å². The standard InChI is InChI=1S/C21H25N/c1-4-7-17-12-15(2)16(3)18(13-17)10-11-20-14-19-8-5-6-9-21(19)22-20/h5-6,8-9,11-13,22H,4,7,10,14H2,1-3H3. The Balaban J connectivity index is 1.78. The van der Waals surface area contributed by atoms with Crippen LogP contribution >= 0.6 is 0 Å². The lowest BCUT2D eigenvalue weighted by atomic mass is 9.95. The van der Waals surface area contributed by atoms with Crippen LogP contribution in [0.1, 0.15) is 41.2 Å². The fraction of sp³-hybridized carbons (Fsp3) is 0.333. The lowest BCUT2D eigenvalue weighted by Gasteiger charge is -2.11. The summed E-state index contributed by atoms with van der Waals surface area (Å²) in [5, 5.41) is 3.54. The predicted octanol–water partition coefficient (Wildman–Crippen LogP) is 5.35. The number of allylic oxidation sites excluding steroid dienone is 2. The molecule has 0 spiro atoms. The van der Waals surface area contributed by atoms with Crippen LogP contribution in [0.5, 0.6) is 0 Å². The van der Waals surface area contributed by atoms with Gasteiger partial charge in [-0.15, -0.1) is 0 Å². The van der Waals surface area contributed by atoms with Crippen molar-refractivity contribution < 1.29 is 0 Å². The zero-order valence-corrected chi connectivity index (χ0v) is 13.9. The Hall–Kier alpha value is -2.02. The molecule has 1 N–H and O–H groups in total. The van der Waals surface area contributed by atoms with E-state index in [-0.39, 0.29) is 0 Å². The summed E-state index contributed by atoms with van der Waals surface area (Å²) in [4.78, 5) is 0. The molecule has 114 valence electrons. The molecule has 1 heterocycles. The third-order valence-electron chi connectivity index (χ3n) is 4.64. The van der Waals surface area contributed by atoms with Crippen LogP contribution in [0.4, 0.5) is 5.69 Å². The minimum Gasteiger partial charge on any atom is -0.359 e. The molecule has 1 aliphatic rings. The van der Waals surface area contributed by atoms with Crippen molar-refractivity contribution in [1.29, 1.82) is 0 Å². The maximum atomic E-state index is 3.54. The first-order valence-electron chi connectivity index (χ1n) is 8.30. The summed E-state index contributed by atoms with van der Waals surface area (Å²) in [6.45, 7) is 6.72. The van der Waals surface area contributed by atoms with Gasteiger partial charge in [0.15, 0.2) is 0 Å². The molecule has 1 heteroatoms. The van der Waals surface area contributed by atoms with Crippen molar-refractivity contribution in [2.75, 3.05) is 5.32 Å². The average Bonchev–Trinajstić information content (AvgIpc) is 2.92. The first kappa shape index (κ1) is 14.9. The number of anilines is 1. The molecule has 0 fully saturated rings. The van der Waals surface area contributed by atoms with E-state index in [0.717, 1.165) is 12.8 Å². The monoisotopic (exact) mass is 291 g/mol. The van der Waals surface area contributed by atoms with Crippen molar-refractivity contribution in [3.63, 3.8) is 0 Å². The summed E-state index contributed by atoms with van der Waals surface area (Å²) in [5.74, 6) is 0. The fourth-order valence-corrected chi connectivity index (χ4v) is 3.23. The lowest BCUT2D eigenvalue weighted by Crippen LogP contribution is -1.98. The molecule has 0 aliphatic carbocycles. The van der Waals surface area contributed by atoms with Gasteiger partial charge in [0.05, 0.1) is 0 Å². The van der Waals surface area contributed by atoms with Gasteiger partial charge in [0.2, 0.25) is 0 Å². The molecular weight excluding hydrogens is 266 g/mol. The molecule has 2 aromatic carbocycles. The second-order valence-electron chi connectivity index (χ2n) is 6.34. The smallest absolute Gasteiger partial charge is 0.0418 e. The van der Waals surface area contributed by atoms with Gasteiger partial charge in [0, 0.05) is 17.8 Å². The Bertz CT molecular complexity index is 683. The number of benzene rings is 2. The van der Waals surface area contributed by atoms with Crippen molar-refractivity contribution >= 4 is 5.69 Å². The number of aryl methyl sites for hydroxylation is 2. The van der Waals surface area contributed by atoms with Crippen LogP contribution in [-0.2, 0) is 19.3 Å². The molecule has 0 unspecified atom stereocenters. The van der Waals surface area contributed by atoms with Gasteiger partial charge in [-0.05, 0) is 60.6 Å². The van der Waals surface area contributed by atoms with E-state index in [0.29, 0.717) is 0 Å². The summed E-state index contributed by atoms with van der Waals surface area (Å²) >= 11 is 0. The number of rotatable bonds is 4. The second-order valence-corrected chi connectivity index (χ2v) is 6.34. The van der Waals surface area contributed by atoms with Gasteiger partial charge >= 0.3 is 0 Å². The van der Waals surface area contributed by atoms with Crippen molar-refractivity contribution in [2.45, 2.75) is 46.5 Å². The molecule has 1 aliphatic heterocycles. The van der Waals surface area contributed by atoms with Gasteiger partial charge in [-0.2, -0.15) is 0 Å². The SMILES string of the molecule is CCCc1cc(C)c(C)c(CC=C2Cc3ccccc3N2)c1. The molecule has 0 saturated carbocycles. The fourth-order valence-electron chi connectivity index (χ4n) is 3.23. The largest absolute Gasteiger partial charge is 0.359 e. The van der Waals surface area contributed by atoms with Crippen molar-refractivity contribution in [2.24, 2.45) is 0 Å². The topological polar surface area (TPSA) is 12.0 Å². The number of nitrogens with one attached hydrogen (secondary N) is 1. The van der Waals surface area contributed by atoms with Gasteiger partial charge in [-0.25, -0.2) is 0 Å². The predicted molar refractivity (Wildman–Crippen MR) is 95.5 cm³/mol. The molecule has 0 amide bonds. The molecule has 1 nitrogen and oxygen atoms in total. The third-order valence-corrected chi connectivity index (χ3v) is 4.64. The molecule has 0 saturated heterocycles. The molecule has 0 bridgehead atoms. The molecule has 0 aromatic heterocycles. The van der Waals surface area contributed by atoms with E-state index >= 15 is 0 Å². The first-order valence-corrected chi connectivity index (χ1v) is 8.30. The highest BCUT2D eigenvalue weighted by molar-refractivity contribution is 5.62. The quantitative estimate of drug-likeness (QED) is 0.800. The molecular formula is C21H25N. The Morgan fingerprint density at radius 2 is 1.95 bits per heavy atom. The van der Waals surface area contributed by atoms with Gasteiger partial charge in [-0.1, -0.05) is 49.8 Å². The second kappa shape index (κ2) is 6.39. The maximum Gasteiger partial charge on any atom is 0.0418 e. The highest BCUT2D eigenvalue weighted by Crippen LogP contribution is 2.28. The van der Waals surface area contributed by atoms with E-state index in [1.165, 1.54) is 52.0 Å². The van der Waals surface area contributed by atoms with Crippen LogP contribution in [0.15, 0.2) is 48.2 Å². The van der Waals surface area contributed by atoms with Crippen molar-refractivity contribution in [1.82, 2.24) is 0 Å². The minimum absolute atomic E-state index is 1.01. The molecule has 0 radical (unpaired) electrons. The van der Waals surface area contributed by atoms with Gasteiger partial charge < -0.3 is 5.32 Å². The average molecular weight is 291 g/mol. The normalized spacial score (nSPS) is 15.0. The molecule has 22 heavy (non-hydrogen) atoms. The third kappa shape index (κ3) is 3.09. The van der Waals surface area contributed by atoms with Crippen molar-refractivity contribution in [3.8, 4) is 0 Å². The zero-order valence-electron chi connectivity index (χ0n) is 13.9. The molecule has 2 aromatic rings. The highest BCUT2D eigenvalue weighted by atomic mass is 14.9. The summed E-state index contributed by atoms with van der Waals surface area (Å²) in [6.07, 6.45) is 6.79. The number of para-hydroxylation sites is 1. The Morgan fingerprint density at radius 3 is 2.73 bits per heavy atom. The minimum atomic E-state index is 1.01. The summed E-state index contributed by atoms with van der Waals surface area (Å²) in [6, 6.07) is 13.3. The van der Waals surface area contributed by atoms with Gasteiger partial charge in [0.1, 0.15) is 0 Å². The Morgan fingerprint density at radius 1 is 1.14 bits per heavy atom. The van der Waals surface area contributed by atoms with E-state index in [1.807, 2.05) is 0 Å². The summed E-state index contributed by atoms with van der Waals surface area (Å²) in [5.41, 5.74) is 9.80. The van der Waals surface area contributed by atoms with Crippen LogP contribution in [0.2, 0.25) is 0 Å². The van der Waals surface area contributed by atoms with Crippen molar-refractivity contribution in [3.05, 3.63) is 76.0 Å². The van der Waals surface area contributed by atoms with E-state index in [9.17, 15) is 0 Å². The van der Waals surface area contributed by atoms with Crippen LogP contribution < -0.4 is 5.32 Å². The summed E-state index contributed by atoms with van der Waals surface area (Å²) < 4.78 is 0. The number of hydrogen-bond acceptors (Lipinski definition) is 1. The first-order chi connectivity index (χ1) is 10.7. The lowest BCUT2D eigenvalue weighted by molar-refractivity contribution is 0.914. The van der Waals surface area contributed by atoms with Crippen LogP contribution in [-0.4, -0.2) is 0 Å². The van der Waals surface area contributed by atoms with Gasteiger partial charge in [0.25, 0.3) is 0 Å². The zero-order chi connectivity index (χ0) is 15.5. The summed E-state index contributed by atoms with van der Waals surface area (Å²) in [7, 11) is 0. The highest BCUT2D eigenvalue weighted by Gasteiger charge is 2.13. The van der Waals surface area contributed by atoms with Gasteiger partial charge in [-0.3, -0.25) is 0 Å². The molecule has 3 rings (SSSR count). The molecule has 0 atom stereocenters. The van der Waals surface area contributed by atoms with Crippen LogP contribution in [0, 0.1) is 13.8 Å². The van der Waals surface area contributed by atoms with E-state index < -0.39 is 0 Å². The number of fused-ring (bicyclic) bond motifs is 1. The van der Waals surface area contributed by atoms with E-state index in [2.05, 4.69) is 68.6 Å². The van der Waals surface area contributed by atoms with E-state index in [4.69, 9.17) is 0 Å². The van der Waals surface area contributed by atoms with Crippen LogP contribution in [0.25, 0.3) is 0 Å². The van der Waals surface area contributed by atoms with E-state index in [1.54, 1.807) is 0 Å². The maximum absolute atomic E-state index is 3.54. The number of hydrogen-bond donors (Lipinski definition) is 1.